The number of rotatable bonds is 4. The van der Waals surface area contributed by atoms with Gasteiger partial charge in [-0.3, -0.25) is 10.1 Å². The summed E-state index contributed by atoms with van der Waals surface area (Å²) in [7, 11) is 0. The molecule has 0 radical (unpaired) electrons. The number of hydrogen-bond donors (Lipinski definition) is 1. The van der Waals surface area contributed by atoms with Crippen LogP contribution < -0.4 is 5.32 Å². The maximum Gasteiger partial charge on any atom is 0.276 e. The van der Waals surface area contributed by atoms with Gasteiger partial charge in [0.1, 0.15) is 16.4 Å². The van der Waals surface area contributed by atoms with Crippen molar-refractivity contribution in [2.75, 3.05) is 5.32 Å². The van der Waals surface area contributed by atoms with Crippen LogP contribution in [-0.2, 0) is 0 Å². The zero-order valence-corrected chi connectivity index (χ0v) is 14.8. The SMILES string of the molecule is Cc1nnc(NC(=O)c2cc(-c3cccs3)nn2-c2ccccc2)s1. The summed E-state index contributed by atoms with van der Waals surface area (Å²) in [6.45, 7) is 1.84. The highest BCUT2D eigenvalue weighted by molar-refractivity contribution is 7.15. The Morgan fingerprint density at radius 3 is 2.64 bits per heavy atom. The number of carbonyl (C=O) groups excluding carboxylic acids is 1. The van der Waals surface area contributed by atoms with Gasteiger partial charge in [-0.05, 0) is 36.6 Å². The standard InChI is InChI=1S/C17H13N5OS2/c1-11-19-20-17(25-11)18-16(23)14-10-13(15-8-5-9-24-15)21-22(14)12-6-3-2-4-7-12/h2-10H,1H3,(H,18,20,23). The maximum absolute atomic E-state index is 12.8. The quantitative estimate of drug-likeness (QED) is 0.591. The maximum atomic E-state index is 12.8. The molecule has 0 fully saturated rings. The zero-order chi connectivity index (χ0) is 17.2. The summed E-state index contributed by atoms with van der Waals surface area (Å²) in [6.07, 6.45) is 0. The summed E-state index contributed by atoms with van der Waals surface area (Å²) in [5.41, 5.74) is 2.03. The predicted octanol–water partition coefficient (Wildman–Crippen LogP) is 4.01. The van der Waals surface area contributed by atoms with E-state index < -0.39 is 0 Å². The van der Waals surface area contributed by atoms with Crippen LogP contribution in [0.15, 0.2) is 53.9 Å². The van der Waals surface area contributed by atoms with Crippen LogP contribution >= 0.6 is 22.7 Å². The van der Waals surface area contributed by atoms with E-state index in [0.29, 0.717) is 10.8 Å². The van der Waals surface area contributed by atoms with Crippen LogP contribution in [0.5, 0.6) is 0 Å². The van der Waals surface area contributed by atoms with Crippen molar-refractivity contribution in [3.8, 4) is 16.3 Å². The number of benzene rings is 1. The number of thiophene rings is 1. The molecule has 1 N–H and O–H groups in total. The lowest BCUT2D eigenvalue weighted by Crippen LogP contribution is -2.16. The molecule has 25 heavy (non-hydrogen) atoms. The zero-order valence-electron chi connectivity index (χ0n) is 13.2. The fourth-order valence-electron chi connectivity index (χ4n) is 2.36. The van der Waals surface area contributed by atoms with Gasteiger partial charge in [0, 0.05) is 0 Å². The third-order valence-electron chi connectivity index (χ3n) is 3.46. The smallest absolute Gasteiger partial charge is 0.276 e. The van der Waals surface area contributed by atoms with Crippen LogP contribution in [0, 0.1) is 6.92 Å². The van der Waals surface area contributed by atoms with Crippen LogP contribution in [0.4, 0.5) is 5.13 Å². The summed E-state index contributed by atoms with van der Waals surface area (Å²) in [5, 5.41) is 18.6. The van der Waals surface area contributed by atoms with Crippen molar-refractivity contribution in [1.82, 2.24) is 20.0 Å². The van der Waals surface area contributed by atoms with E-state index in [9.17, 15) is 4.79 Å². The van der Waals surface area contributed by atoms with E-state index in [1.54, 1.807) is 22.1 Å². The molecule has 0 aliphatic rings. The average molecular weight is 367 g/mol. The van der Waals surface area contributed by atoms with E-state index in [0.717, 1.165) is 21.3 Å². The van der Waals surface area contributed by atoms with Gasteiger partial charge in [-0.15, -0.1) is 21.5 Å². The number of para-hydroxylation sites is 1. The predicted molar refractivity (Wildman–Crippen MR) is 99.5 cm³/mol. The second-order valence-corrected chi connectivity index (χ2v) is 7.35. The number of nitrogens with one attached hydrogen (secondary N) is 1. The highest BCUT2D eigenvalue weighted by Gasteiger charge is 2.19. The van der Waals surface area contributed by atoms with Gasteiger partial charge in [0.15, 0.2) is 0 Å². The highest BCUT2D eigenvalue weighted by atomic mass is 32.1. The fourth-order valence-corrected chi connectivity index (χ4v) is 3.63. The van der Waals surface area contributed by atoms with Crippen LogP contribution in [0.1, 0.15) is 15.5 Å². The van der Waals surface area contributed by atoms with Gasteiger partial charge in [0.2, 0.25) is 5.13 Å². The number of aryl methyl sites for hydroxylation is 1. The number of carbonyl (C=O) groups is 1. The number of anilines is 1. The molecule has 4 aromatic rings. The van der Waals surface area contributed by atoms with Crippen LogP contribution in [0.2, 0.25) is 0 Å². The van der Waals surface area contributed by atoms with Crippen molar-refractivity contribution in [2.45, 2.75) is 6.92 Å². The molecule has 0 bridgehead atoms. The molecule has 0 saturated carbocycles. The Hall–Kier alpha value is -2.84. The molecule has 0 aliphatic heterocycles. The molecule has 3 heterocycles. The third kappa shape index (κ3) is 3.21. The molecule has 8 heteroatoms. The largest absolute Gasteiger partial charge is 0.295 e. The summed E-state index contributed by atoms with van der Waals surface area (Å²) in [5.74, 6) is -0.268. The minimum Gasteiger partial charge on any atom is -0.295 e. The van der Waals surface area contributed by atoms with E-state index >= 15 is 0 Å². The van der Waals surface area contributed by atoms with Gasteiger partial charge >= 0.3 is 0 Å². The van der Waals surface area contributed by atoms with Crippen LogP contribution in [0.25, 0.3) is 16.3 Å². The Morgan fingerprint density at radius 1 is 1.12 bits per heavy atom. The van der Waals surface area contributed by atoms with E-state index in [4.69, 9.17) is 0 Å². The Bertz CT molecular complexity index is 1010. The molecule has 6 nitrogen and oxygen atoms in total. The number of amides is 1. The highest BCUT2D eigenvalue weighted by Crippen LogP contribution is 2.26. The summed E-state index contributed by atoms with van der Waals surface area (Å²) in [6, 6.07) is 15.3. The Morgan fingerprint density at radius 2 is 1.96 bits per heavy atom. The van der Waals surface area contributed by atoms with E-state index in [1.807, 2.05) is 54.8 Å². The molecule has 3 aromatic heterocycles. The molecule has 0 saturated heterocycles. The fraction of sp³-hybridized carbons (Fsp3) is 0.0588. The lowest BCUT2D eigenvalue weighted by atomic mass is 10.3. The third-order valence-corrected chi connectivity index (χ3v) is 5.11. The van der Waals surface area contributed by atoms with Gasteiger partial charge < -0.3 is 0 Å². The monoisotopic (exact) mass is 367 g/mol. The van der Waals surface area contributed by atoms with Crippen molar-refractivity contribution in [3.05, 3.63) is 64.6 Å². The first-order chi connectivity index (χ1) is 12.2. The summed E-state index contributed by atoms with van der Waals surface area (Å²) >= 11 is 2.92. The Kier molecular flexibility index (Phi) is 4.12. The van der Waals surface area contributed by atoms with Crippen LogP contribution in [-0.4, -0.2) is 25.9 Å². The molecular weight excluding hydrogens is 354 g/mol. The second-order valence-electron chi connectivity index (χ2n) is 5.22. The van der Waals surface area contributed by atoms with Gasteiger partial charge in [-0.25, -0.2) is 4.68 Å². The van der Waals surface area contributed by atoms with E-state index in [1.165, 1.54) is 11.3 Å². The lowest BCUT2D eigenvalue weighted by molar-refractivity contribution is 0.101. The molecule has 0 spiro atoms. The minimum absolute atomic E-state index is 0.268. The van der Waals surface area contributed by atoms with Crippen molar-refractivity contribution in [1.29, 1.82) is 0 Å². The molecular formula is C17H13N5OS2. The average Bonchev–Trinajstić information content (AvgIpc) is 3.35. The van der Waals surface area contributed by atoms with Gasteiger partial charge in [-0.1, -0.05) is 35.6 Å². The Labute approximate surface area is 151 Å². The van der Waals surface area contributed by atoms with Crippen molar-refractivity contribution < 1.29 is 4.79 Å². The van der Waals surface area contributed by atoms with Crippen molar-refractivity contribution in [3.63, 3.8) is 0 Å². The minimum atomic E-state index is -0.268. The van der Waals surface area contributed by atoms with Gasteiger partial charge in [0.05, 0.1) is 10.6 Å². The van der Waals surface area contributed by atoms with E-state index in [-0.39, 0.29) is 5.91 Å². The molecule has 124 valence electrons. The number of nitrogens with zero attached hydrogens (tertiary/aromatic N) is 4. The van der Waals surface area contributed by atoms with E-state index in [2.05, 4.69) is 20.6 Å². The molecule has 1 amide bonds. The first-order valence-corrected chi connectivity index (χ1v) is 9.21. The first-order valence-electron chi connectivity index (χ1n) is 7.51. The topological polar surface area (TPSA) is 72.7 Å². The second kappa shape index (κ2) is 6.58. The Balaban J connectivity index is 1.75. The molecule has 0 atom stereocenters. The molecule has 0 aliphatic carbocycles. The number of aromatic nitrogens is 4. The lowest BCUT2D eigenvalue weighted by Gasteiger charge is -2.06. The summed E-state index contributed by atoms with van der Waals surface area (Å²) in [4.78, 5) is 13.8. The van der Waals surface area contributed by atoms with Crippen LogP contribution in [0.3, 0.4) is 0 Å². The van der Waals surface area contributed by atoms with Gasteiger partial charge in [-0.2, -0.15) is 5.10 Å². The molecule has 0 unspecified atom stereocenters. The summed E-state index contributed by atoms with van der Waals surface area (Å²) < 4.78 is 1.65. The van der Waals surface area contributed by atoms with Crippen molar-refractivity contribution in [2.24, 2.45) is 0 Å². The normalized spacial score (nSPS) is 10.8. The molecule has 1 aromatic carbocycles. The number of hydrogen-bond acceptors (Lipinski definition) is 6. The van der Waals surface area contributed by atoms with Gasteiger partial charge in [0.25, 0.3) is 5.91 Å². The van der Waals surface area contributed by atoms with Crippen molar-refractivity contribution >= 4 is 33.7 Å². The first kappa shape index (κ1) is 15.7. The molecule has 4 rings (SSSR count).